The van der Waals surface area contributed by atoms with Crippen LogP contribution in [0.15, 0.2) is 30.3 Å². The highest BCUT2D eigenvalue weighted by Crippen LogP contribution is 2.11. The summed E-state index contributed by atoms with van der Waals surface area (Å²) >= 11 is 0. The van der Waals surface area contributed by atoms with Crippen LogP contribution in [0.5, 0.6) is 5.75 Å². The van der Waals surface area contributed by atoms with Crippen LogP contribution in [0, 0.1) is 0 Å². The highest BCUT2D eigenvalue weighted by Gasteiger charge is 2.23. The van der Waals surface area contributed by atoms with Gasteiger partial charge < -0.3 is 15.2 Å². The second kappa shape index (κ2) is 5.68. The van der Waals surface area contributed by atoms with Gasteiger partial charge in [-0.1, -0.05) is 18.2 Å². The number of aliphatic hydroxyl groups excluding tert-OH is 1. The van der Waals surface area contributed by atoms with E-state index in [4.69, 9.17) is 9.84 Å². The van der Waals surface area contributed by atoms with E-state index in [0.717, 1.165) is 0 Å². The van der Waals surface area contributed by atoms with Crippen molar-refractivity contribution in [1.29, 1.82) is 0 Å². The lowest BCUT2D eigenvalue weighted by Gasteiger charge is -2.24. The second-order valence-corrected chi connectivity index (χ2v) is 4.84. The summed E-state index contributed by atoms with van der Waals surface area (Å²) in [6, 6.07) is 8.97. The molecular formula is C13H19NO3. The average Bonchev–Trinajstić information content (AvgIpc) is 2.24. The van der Waals surface area contributed by atoms with Crippen LogP contribution >= 0.6 is 0 Å². The quantitative estimate of drug-likeness (QED) is 0.831. The van der Waals surface area contributed by atoms with Gasteiger partial charge in [-0.3, -0.25) is 4.79 Å². The van der Waals surface area contributed by atoms with E-state index >= 15 is 0 Å². The Bertz CT molecular complexity index is 357. The SMILES string of the molecule is CC(C)(C)NC(=O)C(CO)Oc1ccccc1. The molecule has 0 heterocycles. The summed E-state index contributed by atoms with van der Waals surface area (Å²) in [5, 5.41) is 11.9. The Kier molecular flexibility index (Phi) is 4.52. The minimum absolute atomic E-state index is 0.316. The van der Waals surface area contributed by atoms with Crippen molar-refractivity contribution in [2.75, 3.05) is 6.61 Å². The van der Waals surface area contributed by atoms with Crippen LogP contribution in [0.25, 0.3) is 0 Å². The Morgan fingerprint density at radius 2 is 1.94 bits per heavy atom. The first-order valence-electron chi connectivity index (χ1n) is 5.57. The minimum atomic E-state index is -0.878. The van der Waals surface area contributed by atoms with Crippen molar-refractivity contribution >= 4 is 5.91 Å². The summed E-state index contributed by atoms with van der Waals surface area (Å²) in [4.78, 5) is 11.8. The fourth-order valence-corrected chi connectivity index (χ4v) is 1.29. The van der Waals surface area contributed by atoms with Gasteiger partial charge in [0.15, 0.2) is 6.10 Å². The first kappa shape index (κ1) is 13.5. The van der Waals surface area contributed by atoms with Crippen molar-refractivity contribution < 1.29 is 14.6 Å². The molecule has 0 bridgehead atoms. The molecule has 0 saturated heterocycles. The first-order valence-corrected chi connectivity index (χ1v) is 5.57. The third kappa shape index (κ3) is 4.87. The molecule has 0 fully saturated rings. The molecule has 1 amide bonds. The zero-order valence-corrected chi connectivity index (χ0v) is 10.4. The molecule has 4 heteroatoms. The van der Waals surface area contributed by atoms with Crippen LogP contribution in [0.1, 0.15) is 20.8 Å². The molecular weight excluding hydrogens is 218 g/mol. The van der Waals surface area contributed by atoms with Crippen molar-refractivity contribution in [2.24, 2.45) is 0 Å². The van der Waals surface area contributed by atoms with Crippen LogP contribution in [-0.2, 0) is 4.79 Å². The summed E-state index contributed by atoms with van der Waals surface area (Å²) < 4.78 is 5.41. The lowest BCUT2D eigenvalue weighted by molar-refractivity contribution is -0.131. The fraction of sp³-hybridized carbons (Fsp3) is 0.462. The molecule has 1 rings (SSSR count). The zero-order valence-electron chi connectivity index (χ0n) is 10.4. The number of rotatable bonds is 4. The molecule has 1 aromatic carbocycles. The predicted molar refractivity (Wildman–Crippen MR) is 65.8 cm³/mol. The Balaban J connectivity index is 2.63. The molecule has 0 aliphatic carbocycles. The Morgan fingerprint density at radius 1 is 1.35 bits per heavy atom. The number of para-hydroxylation sites is 1. The summed E-state index contributed by atoms with van der Waals surface area (Å²) in [7, 11) is 0. The van der Waals surface area contributed by atoms with Gasteiger partial charge in [-0.25, -0.2) is 0 Å². The molecule has 0 saturated carbocycles. The van der Waals surface area contributed by atoms with Gasteiger partial charge in [-0.15, -0.1) is 0 Å². The number of amides is 1. The van der Waals surface area contributed by atoms with Gasteiger partial charge in [-0.2, -0.15) is 0 Å². The van der Waals surface area contributed by atoms with Gasteiger partial charge in [0.05, 0.1) is 6.61 Å². The van der Waals surface area contributed by atoms with Gasteiger partial charge in [-0.05, 0) is 32.9 Å². The average molecular weight is 237 g/mol. The number of nitrogens with one attached hydrogen (secondary N) is 1. The summed E-state index contributed by atoms with van der Waals surface area (Å²) in [5.74, 6) is 0.250. The molecule has 94 valence electrons. The maximum absolute atomic E-state index is 11.8. The van der Waals surface area contributed by atoms with Gasteiger partial charge in [0, 0.05) is 5.54 Å². The number of benzene rings is 1. The van der Waals surface area contributed by atoms with Gasteiger partial charge in [0.2, 0.25) is 0 Å². The third-order valence-corrected chi connectivity index (χ3v) is 1.98. The van der Waals surface area contributed by atoms with E-state index in [1.807, 2.05) is 39.0 Å². The van der Waals surface area contributed by atoms with Crippen LogP contribution in [-0.4, -0.2) is 29.3 Å². The van der Waals surface area contributed by atoms with Crippen LogP contribution < -0.4 is 10.1 Å². The number of carbonyl (C=O) groups is 1. The molecule has 1 atom stereocenters. The third-order valence-electron chi connectivity index (χ3n) is 1.98. The molecule has 4 nitrogen and oxygen atoms in total. The minimum Gasteiger partial charge on any atom is -0.478 e. The van der Waals surface area contributed by atoms with Crippen molar-refractivity contribution in [3.05, 3.63) is 30.3 Å². The highest BCUT2D eigenvalue weighted by atomic mass is 16.5. The van der Waals surface area contributed by atoms with Crippen LogP contribution in [0.2, 0.25) is 0 Å². The molecule has 1 aromatic rings. The van der Waals surface area contributed by atoms with Crippen molar-refractivity contribution in [2.45, 2.75) is 32.4 Å². The monoisotopic (exact) mass is 237 g/mol. The summed E-state index contributed by atoms with van der Waals surface area (Å²) in [5.41, 5.74) is -0.343. The molecule has 0 aromatic heterocycles. The number of carbonyl (C=O) groups excluding carboxylic acids is 1. The molecule has 0 aliphatic rings. The Labute approximate surface area is 102 Å². The van der Waals surface area contributed by atoms with Crippen LogP contribution in [0.4, 0.5) is 0 Å². The van der Waals surface area contributed by atoms with E-state index in [0.29, 0.717) is 5.75 Å². The zero-order chi connectivity index (χ0) is 12.9. The van der Waals surface area contributed by atoms with E-state index in [9.17, 15) is 4.79 Å². The van der Waals surface area contributed by atoms with E-state index in [1.165, 1.54) is 0 Å². The number of hydrogen-bond donors (Lipinski definition) is 2. The molecule has 0 spiro atoms. The van der Waals surface area contributed by atoms with Gasteiger partial charge >= 0.3 is 0 Å². The smallest absolute Gasteiger partial charge is 0.263 e. The number of hydrogen-bond acceptors (Lipinski definition) is 3. The van der Waals surface area contributed by atoms with E-state index in [2.05, 4.69) is 5.32 Å². The number of ether oxygens (including phenoxy) is 1. The first-order chi connectivity index (χ1) is 7.92. The van der Waals surface area contributed by atoms with E-state index in [1.54, 1.807) is 12.1 Å². The topological polar surface area (TPSA) is 58.6 Å². The summed E-state index contributed by atoms with van der Waals surface area (Å²) in [6.07, 6.45) is -0.878. The Hall–Kier alpha value is -1.55. The van der Waals surface area contributed by atoms with Crippen molar-refractivity contribution in [1.82, 2.24) is 5.32 Å². The largest absolute Gasteiger partial charge is 0.478 e. The second-order valence-electron chi connectivity index (χ2n) is 4.84. The number of aliphatic hydroxyl groups is 1. The fourth-order valence-electron chi connectivity index (χ4n) is 1.29. The standard InChI is InChI=1S/C13H19NO3/c1-13(2,3)14-12(16)11(9-15)17-10-7-5-4-6-8-10/h4-8,11,15H,9H2,1-3H3,(H,14,16). The molecule has 0 aliphatic heterocycles. The van der Waals surface area contributed by atoms with Gasteiger partial charge in [0.25, 0.3) is 5.91 Å². The Morgan fingerprint density at radius 3 is 2.41 bits per heavy atom. The van der Waals surface area contributed by atoms with Crippen molar-refractivity contribution in [3.8, 4) is 5.75 Å². The molecule has 17 heavy (non-hydrogen) atoms. The summed E-state index contributed by atoms with van der Waals surface area (Å²) in [6.45, 7) is 5.28. The van der Waals surface area contributed by atoms with E-state index in [-0.39, 0.29) is 18.1 Å². The molecule has 2 N–H and O–H groups in total. The molecule has 1 unspecified atom stereocenters. The van der Waals surface area contributed by atoms with Crippen molar-refractivity contribution in [3.63, 3.8) is 0 Å². The van der Waals surface area contributed by atoms with Crippen LogP contribution in [0.3, 0.4) is 0 Å². The maximum atomic E-state index is 11.8. The normalized spacial score (nSPS) is 12.9. The maximum Gasteiger partial charge on any atom is 0.263 e. The van der Waals surface area contributed by atoms with E-state index < -0.39 is 6.10 Å². The highest BCUT2D eigenvalue weighted by molar-refractivity contribution is 5.81. The lowest BCUT2D eigenvalue weighted by Crippen LogP contribution is -2.49. The lowest BCUT2D eigenvalue weighted by atomic mass is 10.1. The molecule has 0 radical (unpaired) electrons. The van der Waals surface area contributed by atoms with Gasteiger partial charge in [0.1, 0.15) is 5.75 Å². The predicted octanol–water partition coefficient (Wildman–Crippen LogP) is 1.34.